The molecule has 0 amide bonds. The van der Waals surface area contributed by atoms with E-state index in [1.54, 1.807) is 17.1 Å². The minimum Gasteiger partial charge on any atom is -0.477 e. The zero-order valence-corrected chi connectivity index (χ0v) is 14.8. The molecule has 0 fully saturated rings. The first kappa shape index (κ1) is 16.8. The molecule has 1 aliphatic heterocycles. The third-order valence-corrected chi connectivity index (χ3v) is 4.80. The minimum atomic E-state index is -1.03. The highest BCUT2D eigenvalue weighted by Gasteiger charge is 2.43. The molecule has 4 nitrogen and oxygen atoms in total. The predicted molar refractivity (Wildman–Crippen MR) is 97.2 cm³/mol. The van der Waals surface area contributed by atoms with Crippen LogP contribution in [0.3, 0.4) is 0 Å². The lowest BCUT2D eigenvalue weighted by Crippen LogP contribution is -2.37. The van der Waals surface area contributed by atoms with E-state index in [1.165, 1.54) is 0 Å². The van der Waals surface area contributed by atoms with E-state index in [0.717, 1.165) is 11.1 Å². The molecule has 24 heavy (non-hydrogen) atoms. The number of aliphatic carboxylic acids is 1. The van der Waals surface area contributed by atoms with Crippen molar-refractivity contribution in [1.82, 2.24) is 0 Å². The summed E-state index contributed by atoms with van der Waals surface area (Å²) in [5.74, 6) is -1.03. The van der Waals surface area contributed by atoms with Gasteiger partial charge in [-0.2, -0.15) is 5.10 Å². The Bertz CT molecular complexity index is 833. The molecule has 6 heteroatoms. The Morgan fingerprint density at radius 1 is 1.21 bits per heavy atom. The average molecular weight is 363 g/mol. The van der Waals surface area contributed by atoms with Gasteiger partial charge in [0.2, 0.25) is 0 Å². The minimum absolute atomic E-state index is 0.101. The first-order valence-electron chi connectivity index (χ1n) is 7.44. The summed E-state index contributed by atoms with van der Waals surface area (Å²) < 4.78 is 0. The molecule has 2 aromatic carbocycles. The molecule has 0 aromatic heterocycles. The van der Waals surface area contributed by atoms with E-state index in [4.69, 9.17) is 23.2 Å². The number of carboxylic acids is 1. The second-order valence-corrected chi connectivity index (χ2v) is 6.92. The zero-order valence-electron chi connectivity index (χ0n) is 13.3. The van der Waals surface area contributed by atoms with Gasteiger partial charge in [0.1, 0.15) is 5.71 Å². The average Bonchev–Trinajstić information content (AvgIpc) is 2.87. The Kier molecular flexibility index (Phi) is 4.28. The number of hydrazone groups is 1. The number of carbonyl (C=O) groups is 1. The fraction of sp³-hybridized carbons (Fsp3) is 0.222. The number of hydrogen-bond donors (Lipinski definition) is 1. The van der Waals surface area contributed by atoms with Crippen molar-refractivity contribution in [1.29, 1.82) is 0 Å². The monoisotopic (exact) mass is 362 g/mol. The molecule has 1 unspecified atom stereocenters. The Hall–Kier alpha value is -2.04. The molecule has 3 rings (SSSR count). The molecule has 1 aliphatic rings. The van der Waals surface area contributed by atoms with E-state index in [9.17, 15) is 9.90 Å². The Balaban J connectivity index is 2.13. The predicted octanol–water partition coefficient (Wildman–Crippen LogP) is 4.87. The molecule has 1 heterocycles. The van der Waals surface area contributed by atoms with Crippen LogP contribution in [0.1, 0.15) is 24.5 Å². The van der Waals surface area contributed by atoms with Crippen LogP contribution in [0.2, 0.25) is 10.0 Å². The summed E-state index contributed by atoms with van der Waals surface area (Å²) in [6.45, 7) is 3.90. The normalized spacial score (nSPS) is 20.2. The SMILES string of the molecule is Cc1ccc(N2N=C(C(=O)O)CC2(C)c2ccc(Cl)cc2)c(Cl)c1. The van der Waals surface area contributed by atoms with Crippen LogP contribution in [0, 0.1) is 6.92 Å². The van der Waals surface area contributed by atoms with Crippen LogP contribution in [-0.4, -0.2) is 16.8 Å². The summed E-state index contributed by atoms with van der Waals surface area (Å²) >= 11 is 12.4. The summed E-state index contributed by atoms with van der Waals surface area (Å²) in [5, 5.41) is 16.6. The van der Waals surface area contributed by atoms with E-state index < -0.39 is 11.5 Å². The third-order valence-electron chi connectivity index (χ3n) is 4.24. The fourth-order valence-corrected chi connectivity index (χ4v) is 3.36. The first-order chi connectivity index (χ1) is 11.3. The smallest absolute Gasteiger partial charge is 0.352 e. The summed E-state index contributed by atoms with van der Waals surface area (Å²) in [7, 11) is 0. The van der Waals surface area contributed by atoms with Crippen molar-refractivity contribution >= 4 is 40.6 Å². The van der Waals surface area contributed by atoms with Crippen molar-refractivity contribution in [3.05, 3.63) is 63.6 Å². The lowest BCUT2D eigenvalue weighted by Gasteiger charge is -2.35. The second-order valence-electron chi connectivity index (χ2n) is 6.08. The fourth-order valence-electron chi connectivity index (χ4n) is 2.92. The topological polar surface area (TPSA) is 52.9 Å². The van der Waals surface area contributed by atoms with Gasteiger partial charge in [-0.25, -0.2) is 4.79 Å². The number of halogens is 2. The van der Waals surface area contributed by atoms with Gasteiger partial charge in [-0.1, -0.05) is 41.4 Å². The molecule has 0 radical (unpaired) electrons. The molecule has 1 N–H and O–H groups in total. The van der Waals surface area contributed by atoms with Crippen LogP contribution >= 0.6 is 23.2 Å². The van der Waals surface area contributed by atoms with Crippen molar-refractivity contribution in [2.75, 3.05) is 5.01 Å². The maximum atomic E-state index is 11.5. The molecule has 0 spiro atoms. The van der Waals surface area contributed by atoms with E-state index in [1.807, 2.05) is 44.2 Å². The number of benzene rings is 2. The third kappa shape index (κ3) is 2.87. The van der Waals surface area contributed by atoms with E-state index >= 15 is 0 Å². The van der Waals surface area contributed by atoms with E-state index in [2.05, 4.69) is 5.10 Å². The lowest BCUT2D eigenvalue weighted by atomic mass is 9.87. The molecule has 0 aliphatic carbocycles. The molecule has 0 saturated heterocycles. The molecule has 124 valence electrons. The van der Waals surface area contributed by atoms with Gasteiger partial charge < -0.3 is 5.11 Å². The number of anilines is 1. The van der Waals surface area contributed by atoms with Gasteiger partial charge in [-0.05, 0) is 49.2 Å². The van der Waals surface area contributed by atoms with Crippen LogP contribution in [0.5, 0.6) is 0 Å². The van der Waals surface area contributed by atoms with E-state index in [-0.39, 0.29) is 12.1 Å². The molecular weight excluding hydrogens is 347 g/mol. The number of hydrogen-bond acceptors (Lipinski definition) is 3. The number of carboxylic acid groups (broad SMARTS) is 1. The molecule has 2 aromatic rings. The summed E-state index contributed by atoms with van der Waals surface area (Å²) in [5.41, 5.74) is 2.07. The number of rotatable bonds is 3. The largest absolute Gasteiger partial charge is 0.477 e. The van der Waals surface area contributed by atoms with Crippen LogP contribution in [0.15, 0.2) is 47.6 Å². The van der Waals surface area contributed by atoms with Crippen molar-refractivity contribution in [2.24, 2.45) is 5.10 Å². The maximum Gasteiger partial charge on any atom is 0.352 e. The number of nitrogens with zero attached hydrogens (tertiary/aromatic N) is 2. The van der Waals surface area contributed by atoms with Crippen molar-refractivity contribution in [3.8, 4) is 0 Å². The highest BCUT2D eigenvalue weighted by Crippen LogP contribution is 2.43. The Labute approximate surface area is 150 Å². The van der Waals surface area contributed by atoms with E-state index in [0.29, 0.717) is 15.7 Å². The first-order valence-corrected chi connectivity index (χ1v) is 8.20. The maximum absolute atomic E-state index is 11.5. The quantitative estimate of drug-likeness (QED) is 0.847. The van der Waals surface area contributed by atoms with Crippen LogP contribution in [0.25, 0.3) is 0 Å². The summed E-state index contributed by atoms with van der Waals surface area (Å²) in [6, 6.07) is 13.0. The molecule has 0 bridgehead atoms. The van der Waals surface area contributed by atoms with Crippen LogP contribution in [0.4, 0.5) is 5.69 Å². The zero-order chi connectivity index (χ0) is 17.5. The molecule has 1 atom stereocenters. The van der Waals surface area contributed by atoms with Gasteiger partial charge in [0, 0.05) is 11.4 Å². The van der Waals surface area contributed by atoms with Gasteiger partial charge in [0.05, 0.1) is 16.2 Å². The van der Waals surface area contributed by atoms with Gasteiger partial charge >= 0.3 is 5.97 Å². The number of aryl methyl sites for hydroxylation is 1. The lowest BCUT2D eigenvalue weighted by molar-refractivity contribution is -0.129. The van der Waals surface area contributed by atoms with Crippen molar-refractivity contribution in [3.63, 3.8) is 0 Å². The molecular formula is C18H16Cl2N2O2. The Morgan fingerprint density at radius 2 is 1.88 bits per heavy atom. The summed E-state index contributed by atoms with van der Waals surface area (Å²) in [6.07, 6.45) is 0.272. The standard InChI is InChI=1S/C18H16Cl2N2O2/c1-11-3-8-16(14(20)9-11)22-18(2,10-15(21-22)17(23)24)12-4-6-13(19)7-5-12/h3-9H,10H2,1-2H3,(H,23,24). The van der Waals surface area contributed by atoms with Gasteiger partial charge in [0.25, 0.3) is 0 Å². The highest BCUT2D eigenvalue weighted by molar-refractivity contribution is 6.37. The highest BCUT2D eigenvalue weighted by atomic mass is 35.5. The summed E-state index contributed by atoms with van der Waals surface area (Å²) in [4.78, 5) is 11.5. The Morgan fingerprint density at radius 3 is 2.46 bits per heavy atom. The van der Waals surface area contributed by atoms with Gasteiger partial charge in [-0.3, -0.25) is 5.01 Å². The van der Waals surface area contributed by atoms with Crippen molar-refractivity contribution < 1.29 is 9.90 Å². The van der Waals surface area contributed by atoms with Crippen molar-refractivity contribution in [2.45, 2.75) is 25.8 Å². The van der Waals surface area contributed by atoms with Crippen LogP contribution in [-0.2, 0) is 10.3 Å². The molecule has 0 saturated carbocycles. The van der Waals surface area contributed by atoms with Gasteiger partial charge in [-0.15, -0.1) is 0 Å². The van der Waals surface area contributed by atoms with Crippen LogP contribution < -0.4 is 5.01 Å². The second kappa shape index (κ2) is 6.11. The van der Waals surface area contributed by atoms with Gasteiger partial charge in [0.15, 0.2) is 0 Å².